The molecule has 1 aliphatic heterocycles. The minimum Gasteiger partial charge on any atom is -0.388 e. The summed E-state index contributed by atoms with van der Waals surface area (Å²) in [5.41, 5.74) is 4.49. The number of amides is 1. The maximum atomic E-state index is 13.0. The van der Waals surface area contributed by atoms with Crippen molar-refractivity contribution in [3.63, 3.8) is 0 Å². The van der Waals surface area contributed by atoms with Gasteiger partial charge >= 0.3 is 0 Å². The lowest BCUT2D eigenvalue weighted by atomic mass is 9.66. The smallest absolute Gasteiger partial charge is 0.231 e. The second kappa shape index (κ2) is 7.31. The standard InChI is InChI=1S/C22H27N3O2/c1-4-25(22(26)19-9-16-12-27-13-20(16)19)21-8-6-15(11-24-21)18-10-17(23-3)7-5-14(18)2/h5-8,10-11,16,19-20,23H,4,9,12-13H2,1-3H3/t16-,19?,20+/m1/s1. The molecule has 0 radical (unpaired) electrons. The van der Waals surface area contributed by atoms with E-state index in [0.717, 1.165) is 42.3 Å². The zero-order valence-electron chi connectivity index (χ0n) is 16.2. The molecule has 2 heterocycles. The lowest BCUT2D eigenvalue weighted by Crippen LogP contribution is -2.48. The van der Waals surface area contributed by atoms with Crippen LogP contribution in [0.2, 0.25) is 0 Å². The molecule has 1 unspecified atom stereocenters. The van der Waals surface area contributed by atoms with Crippen LogP contribution >= 0.6 is 0 Å². The zero-order valence-corrected chi connectivity index (χ0v) is 16.2. The van der Waals surface area contributed by atoms with Crippen molar-refractivity contribution >= 4 is 17.4 Å². The summed E-state index contributed by atoms with van der Waals surface area (Å²) < 4.78 is 5.53. The first kappa shape index (κ1) is 18.0. The van der Waals surface area contributed by atoms with Crippen molar-refractivity contribution in [2.24, 2.45) is 17.8 Å². The van der Waals surface area contributed by atoms with Crippen molar-refractivity contribution in [3.05, 3.63) is 42.1 Å². The summed E-state index contributed by atoms with van der Waals surface area (Å²) in [5.74, 6) is 2.00. The molecule has 0 bridgehead atoms. The summed E-state index contributed by atoms with van der Waals surface area (Å²) in [5, 5.41) is 3.18. The molecule has 1 aromatic heterocycles. The lowest BCUT2D eigenvalue weighted by Gasteiger charge is -2.40. The minimum atomic E-state index is 0.0912. The molecule has 2 fully saturated rings. The minimum absolute atomic E-state index is 0.0912. The van der Waals surface area contributed by atoms with Gasteiger partial charge in [-0.3, -0.25) is 9.69 Å². The van der Waals surface area contributed by atoms with E-state index < -0.39 is 0 Å². The number of nitrogens with zero attached hydrogens (tertiary/aromatic N) is 2. The Morgan fingerprint density at radius 2 is 2.15 bits per heavy atom. The Bertz CT molecular complexity index is 834. The Hall–Kier alpha value is -2.40. The molecular formula is C22H27N3O2. The van der Waals surface area contributed by atoms with Crippen LogP contribution in [0.15, 0.2) is 36.5 Å². The Balaban J connectivity index is 1.55. The van der Waals surface area contributed by atoms with E-state index in [1.54, 1.807) is 0 Å². The van der Waals surface area contributed by atoms with Crippen LogP contribution < -0.4 is 10.2 Å². The van der Waals surface area contributed by atoms with Gasteiger partial charge in [-0.1, -0.05) is 6.07 Å². The van der Waals surface area contributed by atoms with Gasteiger partial charge in [0.05, 0.1) is 6.61 Å². The van der Waals surface area contributed by atoms with E-state index in [9.17, 15) is 4.79 Å². The highest BCUT2D eigenvalue weighted by molar-refractivity contribution is 5.95. The van der Waals surface area contributed by atoms with E-state index in [1.807, 2.05) is 31.1 Å². The molecule has 0 spiro atoms. The van der Waals surface area contributed by atoms with Crippen molar-refractivity contribution in [2.75, 3.05) is 37.0 Å². The molecule has 1 aliphatic carbocycles. The molecular weight excluding hydrogens is 338 g/mol. The summed E-state index contributed by atoms with van der Waals surface area (Å²) in [4.78, 5) is 19.5. The van der Waals surface area contributed by atoms with Gasteiger partial charge in [0, 0.05) is 43.6 Å². The average molecular weight is 365 g/mol. The fraction of sp³-hybridized carbons (Fsp3) is 0.455. The maximum Gasteiger partial charge on any atom is 0.231 e. The van der Waals surface area contributed by atoms with Crippen molar-refractivity contribution < 1.29 is 9.53 Å². The number of ether oxygens (including phenoxy) is 1. The summed E-state index contributed by atoms with van der Waals surface area (Å²) >= 11 is 0. The van der Waals surface area contributed by atoms with E-state index >= 15 is 0 Å². The van der Waals surface area contributed by atoms with Crippen molar-refractivity contribution in [1.29, 1.82) is 0 Å². The molecule has 1 saturated heterocycles. The maximum absolute atomic E-state index is 13.0. The first-order chi connectivity index (χ1) is 13.1. The number of fused-ring (bicyclic) bond motifs is 1. The Labute approximate surface area is 160 Å². The van der Waals surface area contributed by atoms with Gasteiger partial charge in [0.25, 0.3) is 0 Å². The van der Waals surface area contributed by atoms with Gasteiger partial charge in [-0.05, 0) is 67.5 Å². The van der Waals surface area contributed by atoms with Crippen LogP contribution in [-0.4, -0.2) is 37.7 Å². The van der Waals surface area contributed by atoms with Gasteiger partial charge in [0.2, 0.25) is 5.91 Å². The van der Waals surface area contributed by atoms with Crippen LogP contribution in [0.1, 0.15) is 18.9 Å². The van der Waals surface area contributed by atoms with Crippen LogP contribution in [0.25, 0.3) is 11.1 Å². The number of nitrogens with one attached hydrogen (secondary N) is 1. The molecule has 1 aromatic carbocycles. The van der Waals surface area contributed by atoms with Gasteiger partial charge in [-0.25, -0.2) is 4.98 Å². The summed E-state index contributed by atoms with van der Waals surface area (Å²) in [6.07, 6.45) is 2.82. The number of hydrogen-bond acceptors (Lipinski definition) is 4. The second-order valence-electron chi connectivity index (χ2n) is 7.57. The Kier molecular flexibility index (Phi) is 4.87. The molecule has 27 heavy (non-hydrogen) atoms. The molecule has 1 N–H and O–H groups in total. The topological polar surface area (TPSA) is 54.5 Å². The Morgan fingerprint density at radius 1 is 1.30 bits per heavy atom. The van der Waals surface area contributed by atoms with Crippen molar-refractivity contribution in [1.82, 2.24) is 4.98 Å². The van der Waals surface area contributed by atoms with Crippen LogP contribution in [0.4, 0.5) is 11.5 Å². The number of aryl methyl sites for hydroxylation is 1. The fourth-order valence-corrected chi connectivity index (χ4v) is 4.32. The molecule has 1 saturated carbocycles. The predicted molar refractivity (Wildman–Crippen MR) is 108 cm³/mol. The summed E-state index contributed by atoms with van der Waals surface area (Å²) in [6, 6.07) is 10.3. The third-order valence-corrected chi connectivity index (χ3v) is 6.08. The number of carbonyl (C=O) groups is 1. The molecule has 2 aliphatic rings. The lowest BCUT2D eigenvalue weighted by molar-refractivity contribution is -0.129. The molecule has 142 valence electrons. The van der Waals surface area contributed by atoms with Gasteiger partial charge in [-0.15, -0.1) is 0 Å². The fourth-order valence-electron chi connectivity index (χ4n) is 4.32. The van der Waals surface area contributed by atoms with E-state index in [-0.39, 0.29) is 11.8 Å². The normalized spacial score (nSPS) is 23.4. The van der Waals surface area contributed by atoms with Crippen LogP contribution in [0, 0.1) is 24.7 Å². The van der Waals surface area contributed by atoms with E-state index in [0.29, 0.717) is 18.4 Å². The summed E-state index contributed by atoms with van der Waals surface area (Å²) in [6.45, 7) is 6.29. The number of hydrogen-bond donors (Lipinski definition) is 1. The Morgan fingerprint density at radius 3 is 2.81 bits per heavy atom. The molecule has 4 rings (SSSR count). The number of carbonyl (C=O) groups excluding carboxylic acids is 1. The quantitative estimate of drug-likeness (QED) is 0.877. The van der Waals surface area contributed by atoms with E-state index in [1.165, 1.54) is 5.56 Å². The van der Waals surface area contributed by atoms with Crippen molar-refractivity contribution in [2.45, 2.75) is 20.3 Å². The predicted octanol–water partition coefficient (Wildman–Crippen LogP) is 3.73. The molecule has 3 atom stereocenters. The van der Waals surface area contributed by atoms with Gasteiger partial charge < -0.3 is 10.1 Å². The zero-order chi connectivity index (χ0) is 19.0. The highest BCUT2D eigenvalue weighted by Crippen LogP contribution is 2.45. The average Bonchev–Trinajstić information content (AvgIpc) is 3.04. The first-order valence-electron chi connectivity index (χ1n) is 9.76. The number of anilines is 2. The summed E-state index contributed by atoms with van der Waals surface area (Å²) in [7, 11) is 1.92. The third kappa shape index (κ3) is 3.21. The third-order valence-electron chi connectivity index (χ3n) is 6.08. The molecule has 5 heteroatoms. The number of rotatable bonds is 5. The highest BCUT2D eigenvalue weighted by atomic mass is 16.5. The van der Waals surface area contributed by atoms with Gasteiger partial charge in [0.15, 0.2) is 0 Å². The van der Waals surface area contributed by atoms with E-state index in [2.05, 4.69) is 41.5 Å². The van der Waals surface area contributed by atoms with Gasteiger partial charge in [-0.2, -0.15) is 0 Å². The van der Waals surface area contributed by atoms with Crippen molar-refractivity contribution in [3.8, 4) is 11.1 Å². The number of benzene rings is 1. The SMILES string of the molecule is CCN(C(=O)C1C[C@@H]2COC[C@H]12)c1ccc(-c2cc(NC)ccc2C)cn1. The van der Waals surface area contributed by atoms with Crippen LogP contribution in [0.3, 0.4) is 0 Å². The monoisotopic (exact) mass is 365 g/mol. The van der Waals surface area contributed by atoms with E-state index in [4.69, 9.17) is 4.74 Å². The van der Waals surface area contributed by atoms with Gasteiger partial charge in [0.1, 0.15) is 5.82 Å². The van der Waals surface area contributed by atoms with Crippen LogP contribution in [-0.2, 0) is 9.53 Å². The molecule has 1 amide bonds. The number of pyridine rings is 1. The largest absolute Gasteiger partial charge is 0.388 e. The first-order valence-corrected chi connectivity index (χ1v) is 9.76. The number of aromatic nitrogens is 1. The van der Waals surface area contributed by atoms with Crippen LogP contribution in [0.5, 0.6) is 0 Å². The second-order valence-corrected chi connectivity index (χ2v) is 7.57. The molecule has 5 nitrogen and oxygen atoms in total. The molecule has 2 aromatic rings. The highest BCUT2D eigenvalue weighted by Gasteiger charge is 2.49.